The second-order valence-corrected chi connectivity index (χ2v) is 8.64. The molecule has 4 heteroatoms. The zero-order valence-electron chi connectivity index (χ0n) is 13.6. The maximum Gasteiger partial charge on any atom is 0.315 e. The second-order valence-electron chi connectivity index (χ2n) is 8.64. The van der Waals surface area contributed by atoms with Crippen molar-refractivity contribution in [2.75, 3.05) is 6.61 Å². The molecule has 3 aliphatic carbocycles. The Hall–Kier alpha value is -1.13. The van der Waals surface area contributed by atoms with Crippen LogP contribution in [0.5, 0.6) is 0 Å². The maximum atomic E-state index is 12.4. The predicted octanol–water partition coefficient (Wildman–Crippen LogP) is 2.58. The van der Waals surface area contributed by atoms with E-state index in [-0.39, 0.29) is 28.8 Å². The van der Waals surface area contributed by atoms with E-state index < -0.39 is 11.7 Å². The molecule has 4 nitrogen and oxygen atoms in total. The van der Waals surface area contributed by atoms with Crippen LogP contribution in [0.3, 0.4) is 0 Å². The van der Waals surface area contributed by atoms with Gasteiger partial charge >= 0.3 is 5.97 Å². The molecule has 23 heavy (non-hydrogen) atoms. The summed E-state index contributed by atoms with van der Waals surface area (Å²) in [5.41, 5.74) is 1.53. The van der Waals surface area contributed by atoms with Crippen LogP contribution in [-0.4, -0.2) is 29.6 Å². The highest BCUT2D eigenvalue weighted by Crippen LogP contribution is 2.67. The van der Waals surface area contributed by atoms with Gasteiger partial charge in [-0.2, -0.15) is 0 Å². The average molecular weight is 316 g/mol. The average Bonchev–Trinajstić information content (AvgIpc) is 2.88. The summed E-state index contributed by atoms with van der Waals surface area (Å²) < 4.78 is 11.5. The highest BCUT2D eigenvalue weighted by molar-refractivity contribution is 5.78. The minimum atomic E-state index is -1.30. The van der Waals surface area contributed by atoms with E-state index in [0.717, 1.165) is 25.7 Å². The smallest absolute Gasteiger partial charge is 0.315 e. The summed E-state index contributed by atoms with van der Waals surface area (Å²) in [5, 5.41) is 10.8. The molecule has 3 heterocycles. The first-order chi connectivity index (χ1) is 10.9. The Balaban J connectivity index is 1.63. The van der Waals surface area contributed by atoms with Crippen molar-refractivity contribution in [2.45, 2.75) is 50.9 Å². The van der Waals surface area contributed by atoms with E-state index in [9.17, 15) is 9.90 Å². The molecule has 2 bridgehead atoms. The molecule has 1 unspecified atom stereocenters. The largest absolute Gasteiger partial charge is 0.457 e. The van der Waals surface area contributed by atoms with E-state index in [1.54, 1.807) is 0 Å². The van der Waals surface area contributed by atoms with E-state index in [1.807, 2.05) is 0 Å². The molecule has 2 saturated carbocycles. The number of hydrogen-bond donors (Lipinski definition) is 1. The third-order valence-corrected chi connectivity index (χ3v) is 7.53. The lowest BCUT2D eigenvalue weighted by atomic mass is 9.46. The molecule has 6 aliphatic rings. The number of allylic oxidation sites excluding steroid dienone is 2. The van der Waals surface area contributed by atoms with Gasteiger partial charge in [0.25, 0.3) is 0 Å². The SMILES string of the molecule is C=C[C@]1(C)CC[C@H]2C(=C[C@H]3OC(=O)C4[C@H]3[C@]23CC[C@@]4(O)OC3)C1. The zero-order valence-corrected chi connectivity index (χ0v) is 13.6. The molecule has 3 saturated heterocycles. The molecular formula is C19H24O4. The van der Waals surface area contributed by atoms with Crippen LogP contribution in [-0.2, 0) is 14.3 Å². The van der Waals surface area contributed by atoms with E-state index in [0.29, 0.717) is 18.9 Å². The number of aliphatic hydroxyl groups is 1. The number of carbonyl (C=O) groups excluding carboxylic acids is 1. The molecule has 1 N–H and O–H groups in total. The molecular weight excluding hydrogens is 292 g/mol. The normalized spacial score (nSPS) is 56.4. The number of fused-ring (bicyclic) bond motifs is 3. The third-order valence-electron chi connectivity index (χ3n) is 7.53. The molecule has 0 radical (unpaired) electrons. The van der Waals surface area contributed by atoms with Crippen LogP contribution < -0.4 is 0 Å². The van der Waals surface area contributed by atoms with Crippen LogP contribution in [0.2, 0.25) is 0 Å². The maximum absolute atomic E-state index is 12.4. The van der Waals surface area contributed by atoms with Crippen molar-refractivity contribution in [1.29, 1.82) is 0 Å². The Labute approximate surface area is 136 Å². The molecule has 5 fully saturated rings. The second kappa shape index (κ2) is 4.09. The zero-order chi connectivity index (χ0) is 16.0. The molecule has 7 atom stereocenters. The molecule has 0 amide bonds. The predicted molar refractivity (Wildman–Crippen MR) is 83.2 cm³/mol. The number of ether oxygens (including phenoxy) is 2. The van der Waals surface area contributed by atoms with E-state index >= 15 is 0 Å². The summed E-state index contributed by atoms with van der Waals surface area (Å²) in [7, 11) is 0. The highest BCUT2D eigenvalue weighted by atomic mass is 16.6. The van der Waals surface area contributed by atoms with Crippen LogP contribution >= 0.6 is 0 Å². The summed E-state index contributed by atoms with van der Waals surface area (Å²) in [5.74, 6) is -1.52. The van der Waals surface area contributed by atoms with Crippen LogP contribution in [0.25, 0.3) is 0 Å². The summed E-state index contributed by atoms with van der Waals surface area (Å²) in [6.45, 7) is 6.84. The highest BCUT2D eigenvalue weighted by Gasteiger charge is 2.72. The van der Waals surface area contributed by atoms with Gasteiger partial charge in [0, 0.05) is 17.8 Å². The van der Waals surface area contributed by atoms with Crippen molar-refractivity contribution in [3.05, 3.63) is 24.3 Å². The van der Waals surface area contributed by atoms with Gasteiger partial charge in [0.2, 0.25) is 0 Å². The third kappa shape index (κ3) is 1.57. The number of rotatable bonds is 1. The van der Waals surface area contributed by atoms with Gasteiger partial charge in [0.1, 0.15) is 12.0 Å². The van der Waals surface area contributed by atoms with Crippen molar-refractivity contribution >= 4 is 5.97 Å². The van der Waals surface area contributed by atoms with Crippen molar-refractivity contribution < 1.29 is 19.4 Å². The van der Waals surface area contributed by atoms with Gasteiger partial charge in [-0.05, 0) is 43.1 Å². The van der Waals surface area contributed by atoms with Crippen molar-refractivity contribution in [1.82, 2.24) is 0 Å². The fourth-order valence-corrected chi connectivity index (χ4v) is 6.26. The fourth-order valence-electron chi connectivity index (χ4n) is 6.26. The van der Waals surface area contributed by atoms with Gasteiger partial charge in [0.15, 0.2) is 5.79 Å². The Bertz CT molecular complexity index is 627. The van der Waals surface area contributed by atoms with Crippen LogP contribution in [0.1, 0.15) is 39.0 Å². The van der Waals surface area contributed by atoms with Gasteiger partial charge in [-0.15, -0.1) is 6.58 Å². The van der Waals surface area contributed by atoms with Gasteiger partial charge in [0.05, 0.1) is 6.61 Å². The molecule has 6 rings (SSSR count). The lowest BCUT2D eigenvalue weighted by Gasteiger charge is -2.62. The first kappa shape index (κ1) is 14.2. The van der Waals surface area contributed by atoms with E-state index in [4.69, 9.17) is 9.47 Å². The minimum Gasteiger partial charge on any atom is -0.457 e. The Morgan fingerprint density at radius 2 is 2.22 bits per heavy atom. The number of esters is 1. The molecule has 0 aromatic rings. The lowest BCUT2D eigenvalue weighted by molar-refractivity contribution is -0.338. The minimum absolute atomic E-state index is 0.0292. The number of carbonyl (C=O) groups is 1. The summed E-state index contributed by atoms with van der Waals surface area (Å²) in [4.78, 5) is 12.4. The Morgan fingerprint density at radius 3 is 2.91 bits per heavy atom. The van der Waals surface area contributed by atoms with Gasteiger partial charge in [-0.25, -0.2) is 0 Å². The molecule has 3 aliphatic heterocycles. The van der Waals surface area contributed by atoms with Gasteiger partial charge in [-0.1, -0.05) is 18.6 Å². The summed E-state index contributed by atoms with van der Waals surface area (Å²) in [6, 6.07) is 0. The van der Waals surface area contributed by atoms with E-state index in [2.05, 4.69) is 25.7 Å². The first-order valence-corrected chi connectivity index (χ1v) is 8.82. The van der Waals surface area contributed by atoms with Crippen LogP contribution in [0.15, 0.2) is 24.3 Å². The van der Waals surface area contributed by atoms with Gasteiger partial charge < -0.3 is 14.6 Å². The van der Waals surface area contributed by atoms with Crippen LogP contribution in [0, 0.1) is 28.6 Å². The Morgan fingerprint density at radius 1 is 1.39 bits per heavy atom. The monoisotopic (exact) mass is 316 g/mol. The summed E-state index contributed by atoms with van der Waals surface area (Å²) in [6.07, 6.45) is 8.82. The Kier molecular flexibility index (Phi) is 2.53. The summed E-state index contributed by atoms with van der Waals surface area (Å²) >= 11 is 0. The lowest BCUT2D eigenvalue weighted by Crippen LogP contribution is -2.67. The van der Waals surface area contributed by atoms with Crippen molar-refractivity contribution in [2.24, 2.45) is 28.6 Å². The molecule has 124 valence electrons. The first-order valence-electron chi connectivity index (χ1n) is 8.82. The topological polar surface area (TPSA) is 55.8 Å². The van der Waals surface area contributed by atoms with Gasteiger partial charge in [-0.3, -0.25) is 4.79 Å². The van der Waals surface area contributed by atoms with Crippen molar-refractivity contribution in [3.8, 4) is 0 Å². The molecule has 1 spiro atoms. The quantitative estimate of drug-likeness (QED) is 0.597. The number of hydrogen-bond acceptors (Lipinski definition) is 4. The standard InChI is InChI=1S/C19H24O4/c1-3-17(2)5-4-12-11(9-17)8-13-14-15(16(20)23-13)19(21)7-6-18(12,14)10-22-19/h3,8,12-15,21H,1,4-7,9-10H2,2H3/t12-,13+,14-,15?,17+,18-,19+/m0/s1. The molecule has 0 aromatic heterocycles. The molecule has 0 aromatic carbocycles. The van der Waals surface area contributed by atoms with E-state index in [1.165, 1.54) is 5.57 Å². The van der Waals surface area contributed by atoms with Crippen LogP contribution in [0.4, 0.5) is 0 Å². The fraction of sp³-hybridized carbons (Fsp3) is 0.737. The van der Waals surface area contributed by atoms with Crippen molar-refractivity contribution in [3.63, 3.8) is 0 Å².